The third kappa shape index (κ3) is 5.31. The number of nitrogens with zero attached hydrogens (tertiary/aromatic N) is 1. The fourth-order valence-electron chi connectivity index (χ4n) is 2.65. The fraction of sp³-hybridized carbons (Fsp3) is 0.350. The topological polar surface area (TPSA) is 62.8 Å². The lowest BCUT2D eigenvalue weighted by molar-refractivity contribution is 0.238. The first-order chi connectivity index (χ1) is 12.5. The molecule has 0 saturated carbocycles. The van der Waals surface area contributed by atoms with E-state index in [4.69, 9.17) is 9.47 Å². The SMILES string of the molecule is COc1ccc(OC)c(C(C)NC(=O)NCCN(C)c2ccccc2)c1. The van der Waals surface area contributed by atoms with E-state index in [1.165, 1.54) is 0 Å². The highest BCUT2D eigenvalue weighted by Gasteiger charge is 2.15. The van der Waals surface area contributed by atoms with Crippen LogP contribution in [0.2, 0.25) is 0 Å². The van der Waals surface area contributed by atoms with E-state index >= 15 is 0 Å². The van der Waals surface area contributed by atoms with Crippen LogP contribution in [0.5, 0.6) is 11.5 Å². The van der Waals surface area contributed by atoms with Crippen molar-refractivity contribution in [3.63, 3.8) is 0 Å². The van der Waals surface area contributed by atoms with Gasteiger partial charge < -0.3 is 25.0 Å². The molecular formula is C20H27N3O3. The van der Waals surface area contributed by atoms with Crippen LogP contribution in [0, 0.1) is 0 Å². The molecule has 2 N–H and O–H groups in total. The molecule has 0 aliphatic carbocycles. The van der Waals surface area contributed by atoms with Gasteiger partial charge in [0.15, 0.2) is 0 Å². The molecule has 2 rings (SSSR count). The predicted octanol–water partition coefficient (Wildman–Crippen LogP) is 3.20. The highest BCUT2D eigenvalue weighted by molar-refractivity contribution is 5.74. The number of ether oxygens (including phenoxy) is 2. The van der Waals surface area contributed by atoms with Gasteiger partial charge in [-0.15, -0.1) is 0 Å². The maximum absolute atomic E-state index is 12.2. The van der Waals surface area contributed by atoms with Gasteiger partial charge in [0, 0.05) is 31.4 Å². The molecule has 0 radical (unpaired) electrons. The first-order valence-corrected chi connectivity index (χ1v) is 8.57. The van der Waals surface area contributed by atoms with Crippen LogP contribution in [0.15, 0.2) is 48.5 Å². The molecule has 0 spiro atoms. The number of benzene rings is 2. The van der Waals surface area contributed by atoms with E-state index in [0.717, 1.165) is 17.0 Å². The predicted molar refractivity (Wildman–Crippen MR) is 104 cm³/mol. The monoisotopic (exact) mass is 357 g/mol. The molecule has 0 aliphatic rings. The van der Waals surface area contributed by atoms with E-state index in [0.29, 0.717) is 18.8 Å². The molecule has 0 saturated heterocycles. The fourth-order valence-corrected chi connectivity index (χ4v) is 2.65. The summed E-state index contributed by atoms with van der Waals surface area (Å²) >= 11 is 0. The normalized spacial score (nSPS) is 11.4. The van der Waals surface area contributed by atoms with Crippen LogP contribution in [0.25, 0.3) is 0 Å². The van der Waals surface area contributed by atoms with Gasteiger partial charge in [0.05, 0.1) is 20.3 Å². The molecule has 0 fully saturated rings. The van der Waals surface area contributed by atoms with Gasteiger partial charge >= 0.3 is 6.03 Å². The van der Waals surface area contributed by atoms with Crippen LogP contribution in [-0.4, -0.2) is 40.4 Å². The minimum absolute atomic E-state index is 0.216. The molecule has 1 unspecified atom stereocenters. The van der Waals surface area contributed by atoms with Crippen LogP contribution in [0.4, 0.5) is 10.5 Å². The number of anilines is 1. The van der Waals surface area contributed by atoms with Gasteiger partial charge in [-0.3, -0.25) is 0 Å². The third-order valence-electron chi connectivity index (χ3n) is 4.18. The van der Waals surface area contributed by atoms with Gasteiger partial charge in [-0.05, 0) is 37.3 Å². The van der Waals surface area contributed by atoms with Crippen LogP contribution in [0.1, 0.15) is 18.5 Å². The maximum atomic E-state index is 12.2. The Hall–Kier alpha value is -2.89. The highest BCUT2D eigenvalue weighted by atomic mass is 16.5. The van der Waals surface area contributed by atoms with E-state index in [1.54, 1.807) is 14.2 Å². The molecule has 0 bridgehead atoms. The van der Waals surface area contributed by atoms with Crippen molar-refractivity contribution in [1.29, 1.82) is 0 Å². The quantitative estimate of drug-likeness (QED) is 0.762. The van der Waals surface area contributed by atoms with Gasteiger partial charge in [-0.2, -0.15) is 0 Å². The number of para-hydroxylation sites is 1. The van der Waals surface area contributed by atoms with Crippen LogP contribution >= 0.6 is 0 Å². The second-order valence-corrected chi connectivity index (χ2v) is 5.99. The van der Waals surface area contributed by atoms with Gasteiger partial charge in [0.1, 0.15) is 11.5 Å². The summed E-state index contributed by atoms with van der Waals surface area (Å²) in [5, 5.41) is 5.82. The summed E-state index contributed by atoms with van der Waals surface area (Å²) in [6.45, 7) is 3.17. The van der Waals surface area contributed by atoms with Crippen molar-refractivity contribution in [2.24, 2.45) is 0 Å². The summed E-state index contributed by atoms with van der Waals surface area (Å²) in [5.41, 5.74) is 1.98. The lowest BCUT2D eigenvalue weighted by Gasteiger charge is -2.21. The van der Waals surface area contributed by atoms with Crippen LogP contribution < -0.4 is 25.0 Å². The third-order valence-corrected chi connectivity index (χ3v) is 4.18. The number of carbonyl (C=O) groups excluding carboxylic acids is 1. The van der Waals surface area contributed by atoms with E-state index < -0.39 is 0 Å². The number of urea groups is 1. The van der Waals surface area contributed by atoms with Crippen LogP contribution in [-0.2, 0) is 0 Å². The number of carbonyl (C=O) groups is 1. The van der Waals surface area contributed by atoms with Crippen molar-refractivity contribution in [3.8, 4) is 11.5 Å². The van der Waals surface area contributed by atoms with E-state index in [1.807, 2.05) is 62.5 Å². The van der Waals surface area contributed by atoms with E-state index in [9.17, 15) is 4.79 Å². The first kappa shape index (κ1) is 19.4. The Morgan fingerprint density at radius 1 is 1.12 bits per heavy atom. The molecule has 2 aromatic rings. The van der Waals surface area contributed by atoms with E-state index in [-0.39, 0.29) is 12.1 Å². The summed E-state index contributed by atoms with van der Waals surface area (Å²) in [6.07, 6.45) is 0. The van der Waals surface area contributed by atoms with Gasteiger partial charge in [0.2, 0.25) is 0 Å². The second kappa shape index (κ2) is 9.56. The lowest BCUT2D eigenvalue weighted by Crippen LogP contribution is -2.40. The minimum Gasteiger partial charge on any atom is -0.497 e. The number of nitrogens with one attached hydrogen (secondary N) is 2. The zero-order chi connectivity index (χ0) is 18.9. The summed E-state index contributed by atoms with van der Waals surface area (Å²) in [6, 6.07) is 15.1. The molecule has 0 aromatic heterocycles. The van der Waals surface area contributed by atoms with Gasteiger partial charge in [-0.25, -0.2) is 4.79 Å². The highest BCUT2D eigenvalue weighted by Crippen LogP contribution is 2.29. The zero-order valence-corrected chi connectivity index (χ0v) is 15.8. The molecule has 1 atom stereocenters. The number of rotatable bonds is 8. The van der Waals surface area contributed by atoms with Crippen molar-refractivity contribution < 1.29 is 14.3 Å². The largest absolute Gasteiger partial charge is 0.497 e. The van der Waals surface area contributed by atoms with Crippen molar-refractivity contribution >= 4 is 11.7 Å². The Morgan fingerprint density at radius 2 is 1.85 bits per heavy atom. The Labute approximate surface area is 155 Å². The lowest BCUT2D eigenvalue weighted by atomic mass is 10.1. The molecule has 2 aromatic carbocycles. The number of likely N-dealkylation sites (N-methyl/N-ethyl adjacent to an activating group) is 1. The first-order valence-electron chi connectivity index (χ1n) is 8.57. The molecule has 26 heavy (non-hydrogen) atoms. The average Bonchev–Trinajstić information content (AvgIpc) is 2.67. The smallest absolute Gasteiger partial charge is 0.315 e. The minimum atomic E-state index is -0.219. The second-order valence-electron chi connectivity index (χ2n) is 5.99. The van der Waals surface area contributed by atoms with Gasteiger partial charge in [-0.1, -0.05) is 18.2 Å². The Balaban J connectivity index is 1.85. The number of hydrogen-bond acceptors (Lipinski definition) is 4. The standard InChI is InChI=1S/C20H27N3O3/c1-15(18-14-17(25-3)10-11-19(18)26-4)22-20(24)21-12-13-23(2)16-8-6-5-7-9-16/h5-11,14-15H,12-13H2,1-4H3,(H2,21,22,24). The molecular weight excluding hydrogens is 330 g/mol. The van der Waals surface area contributed by atoms with Crippen molar-refractivity contribution in [2.45, 2.75) is 13.0 Å². The van der Waals surface area contributed by atoms with Crippen molar-refractivity contribution in [1.82, 2.24) is 10.6 Å². The molecule has 0 heterocycles. The Kier molecular flexibility index (Phi) is 7.14. The van der Waals surface area contributed by atoms with Gasteiger partial charge in [0.25, 0.3) is 0 Å². The molecule has 140 valence electrons. The summed E-state index contributed by atoms with van der Waals surface area (Å²) in [4.78, 5) is 14.3. The number of hydrogen-bond donors (Lipinski definition) is 2. The summed E-state index contributed by atoms with van der Waals surface area (Å²) < 4.78 is 10.6. The van der Waals surface area contributed by atoms with Crippen molar-refractivity contribution in [3.05, 3.63) is 54.1 Å². The molecule has 2 amide bonds. The Morgan fingerprint density at radius 3 is 2.50 bits per heavy atom. The molecule has 6 heteroatoms. The molecule has 6 nitrogen and oxygen atoms in total. The van der Waals surface area contributed by atoms with E-state index in [2.05, 4.69) is 15.5 Å². The summed E-state index contributed by atoms with van der Waals surface area (Å²) in [5.74, 6) is 1.43. The summed E-state index contributed by atoms with van der Waals surface area (Å²) in [7, 11) is 5.22. The number of methoxy groups -OCH3 is 2. The number of amides is 2. The van der Waals surface area contributed by atoms with Crippen molar-refractivity contribution in [2.75, 3.05) is 39.3 Å². The van der Waals surface area contributed by atoms with Crippen LogP contribution in [0.3, 0.4) is 0 Å². The zero-order valence-electron chi connectivity index (χ0n) is 15.8. The Bertz CT molecular complexity index is 707. The average molecular weight is 357 g/mol. The maximum Gasteiger partial charge on any atom is 0.315 e. The molecule has 0 aliphatic heterocycles.